The van der Waals surface area contributed by atoms with E-state index in [-0.39, 0.29) is 5.56 Å². The first kappa shape index (κ1) is 17.5. The van der Waals surface area contributed by atoms with Crippen molar-refractivity contribution in [3.05, 3.63) is 34.3 Å². The van der Waals surface area contributed by atoms with Crippen molar-refractivity contribution in [1.29, 1.82) is 0 Å². The number of benzene rings is 1. The second-order valence-electron chi connectivity index (χ2n) is 4.54. The topological polar surface area (TPSA) is 40.6 Å². The number of hydrogen-bond acceptors (Lipinski definition) is 2. The lowest BCUT2D eigenvalue weighted by atomic mass is 10.2. The van der Waals surface area contributed by atoms with Gasteiger partial charge in [-0.3, -0.25) is 9.59 Å². The molecule has 0 N–H and O–H groups in total. The van der Waals surface area contributed by atoms with E-state index >= 15 is 0 Å². The van der Waals surface area contributed by atoms with Crippen LogP contribution in [0.5, 0.6) is 0 Å². The quantitative estimate of drug-likeness (QED) is 0.821. The van der Waals surface area contributed by atoms with E-state index in [1.807, 2.05) is 0 Å². The van der Waals surface area contributed by atoms with Crippen molar-refractivity contribution in [3.63, 3.8) is 0 Å². The first-order chi connectivity index (χ1) is 9.61. The van der Waals surface area contributed by atoms with E-state index in [1.54, 1.807) is 12.1 Å². The molecule has 2 amide bonds. The van der Waals surface area contributed by atoms with Crippen molar-refractivity contribution in [3.8, 4) is 0 Å². The number of rotatable bonds is 4. The van der Waals surface area contributed by atoms with Crippen LogP contribution in [0, 0.1) is 0 Å². The van der Waals surface area contributed by atoms with Crippen molar-refractivity contribution in [2.24, 2.45) is 0 Å². The molecular formula is C13H14BrF3N2O2. The van der Waals surface area contributed by atoms with E-state index in [0.717, 1.165) is 4.90 Å². The van der Waals surface area contributed by atoms with Crippen LogP contribution in [0.25, 0.3) is 0 Å². The Kier molecular flexibility index (Phi) is 5.77. The lowest BCUT2D eigenvalue weighted by molar-refractivity contribution is -0.146. The van der Waals surface area contributed by atoms with Crippen molar-refractivity contribution in [1.82, 2.24) is 9.80 Å². The molecule has 21 heavy (non-hydrogen) atoms. The van der Waals surface area contributed by atoms with Crippen LogP contribution in [0.15, 0.2) is 28.7 Å². The van der Waals surface area contributed by atoms with Crippen LogP contribution in [0.1, 0.15) is 10.4 Å². The van der Waals surface area contributed by atoms with Gasteiger partial charge < -0.3 is 9.80 Å². The molecule has 0 unspecified atom stereocenters. The Balaban J connectivity index is 3.03. The molecule has 0 atom stereocenters. The number of carbonyl (C=O) groups is 2. The molecule has 4 nitrogen and oxygen atoms in total. The standard InChI is InChI=1S/C13H14BrF3N2O2/c1-18(2)11(20)7-19(8-13(15,16)17)12(21)9-5-3-4-6-10(9)14/h3-6H,7-8H2,1-2H3. The maximum atomic E-state index is 12.6. The minimum Gasteiger partial charge on any atom is -0.347 e. The molecule has 0 radical (unpaired) electrons. The van der Waals surface area contributed by atoms with Gasteiger partial charge in [0.05, 0.1) is 5.56 Å². The van der Waals surface area contributed by atoms with Gasteiger partial charge in [-0.2, -0.15) is 13.2 Å². The Morgan fingerprint density at radius 3 is 2.24 bits per heavy atom. The van der Waals surface area contributed by atoms with Crippen molar-refractivity contribution in [2.75, 3.05) is 27.2 Å². The highest BCUT2D eigenvalue weighted by molar-refractivity contribution is 9.10. The predicted octanol–water partition coefficient (Wildman–Crippen LogP) is 2.54. The van der Waals surface area contributed by atoms with Gasteiger partial charge in [-0.05, 0) is 28.1 Å². The van der Waals surface area contributed by atoms with Gasteiger partial charge in [-0.15, -0.1) is 0 Å². The normalized spacial score (nSPS) is 11.1. The molecule has 0 aliphatic heterocycles. The fourth-order valence-corrected chi connectivity index (χ4v) is 1.98. The molecule has 0 saturated heterocycles. The monoisotopic (exact) mass is 366 g/mol. The summed E-state index contributed by atoms with van der Waals surface area (Å²) in [6.45, 7) is -2.11. The van der Waals surface area contributed by atoms with Gasteiger partial charge in [-0.1, -0.05) is 12.1 Å². The molecule has 0 aliphatic rings. The highest BCUT2D eigenvalue weighted by Crippen LogP contribution is 2.21. The first-order valence-corrected chi connectivity index (χ1v) is 6.72. The number of nitrogens with zero attached hydrogens (tertiary/aromatic N) is 2. The molecule has 0 heterocycles. The van der Waals surface area contributed by atoms with Gasteiger partial charge in [0.2, 0.25) is 5.91 Å². The molecule has 116 valence electrons. The number of halogens is 4. The summed E-state index contributed by atoms with van der Waals surface area (Å²) in [5, 5.41) is 0. The average Bonchev–Trinajstić information content (AvgIpc) is 2.36. The summed E-state index contributed by atoms with van der Waals surface area (Å²) in [5.41, 5.74) is 0.0771. The fourth-order valence-electron chi connectivity index (χ4n) is 1.53. The molecule has 0 fully saturated rings. The zero-order valence-corrected chi connectivity index (χ0v) is 13.0. The molecule has 1 aromatic rings. The van der Waals surface area contributed by atoms with Crippen molar-refractivity contribution >= 4 is 27.7 Å². The van der Waals surface area contributed by atoms with Crippen LogP contribution in [0.4, 0.5) is 13.2 Å². The lowest BCUT2D eigenvalue weighted by Gasteiger charge is -2.25. The molecule has 0 saturated carbocycles. The Labute approximate surface area is 128 Å². The van der Waals surface area contributed by atoms with Gasteiger partial charge in [0.25, 0.3) is 5.91 Å². The third-order valence-electron chi connectivity index (χ3n) is 2.59. The Morgan fingerprint density at radius 1 is 1.19 bits per heavy atom. The minimum absolute atomic E-state index is 0.0771. The first-order valence-electron chi connectivity index (χ1n) is 5.92. The van der Waals surface area contributed by atoms with Gasteiger partial charge in [-0.25, -0.2) is 0 Å². The van der Waals surface area contributed by atoms with E-state index in [9.17, 15) is 22.8 Å². The third-order valence-corrected chi connectivity index (χ3v) is 3.28. The Hall–Kier alpha value is -1.57. The largest absolute Gasteiger partial charge is 0.406 e. The maximum absolute atomic E-state index is 12.6. The van der Waals surface area contributed by atoms with Crippen LogP contribution >= 0.6 is 15.9 Å². The predicted molar refractivity (Wildman–Crippen MR) is 74.8 cm³/mol. The van der Waals surface area contributed by atoms with Gasteiger partial charge in [0, 0.05) is 18.6 Å². The maximum Gasteiger partial charge on any atom is 0.406 e. The zero-order valence-electron chi connectivity index (χ0n) is 11.4. The van der Waals surface area contributed by atoms with Crippen LogP contribution in [-0.4, -0.2) is 55.0 Å². The molecule has 0 bridgehead atoms. The number of hydrogen-bond donors (Lipinski definition) is 0. The van der Waals surface area contributed by atoms with Crippen LogP contribution in [0.2, 0.25) is 0 Å². The Morgan fingerprint density at radius 2 is 1.76 bits per heavy atom. The highest BCUT2D eigenvalue weighted by atomic mass is 79.9. The number of alkyl halides is 3. The van der Waals surface area contributed by atoms with Crippen LogP contribution in [0.3, 0.4) is 0 Å². The van der Waals surface area contributed by atoms with Crippen molar-refractivity contribution in [2.45, 2.75) is 6.18 Å². The highest BCUT2D eigenvalue weighted by Gasteiger charge is 2.34. The van der Waals surface area contributed by atoms with E-state index in [4.69, 9.17) is 0 Å². The molecule has 8 heteroatoms. The lowest BCUT2D eigenvalue weighted by Crippen LogP contribution is -2.44. The summed E-state index contributed by atoms with van der Waals surface area (Å²) in [7, 11) is 2.83. The molecule has 0 aliphatic carbocycles. The summed E-state index contributed by atoms with van der Waals surface area (Å²) in [6, 6.07) is 6.13. The number of amides is 2. The molecule has 0 spiro atoms. The van der Waals surface area contributed by atoms with Gasteiger partial charge in [0.15, 0.2) is 0 Å². The summed E-state index contributed by atoms with van der Waals surface area (Å²) in [4.78, 5) is 25.5. The van der Waals surface area contributed by atoms with E-state index in [0.29, 0.717) is 9.37 Å². The van der Waals surface area contributed by atoms with Gasteiger partial charge >= 0.3 is 6.18 Å². The number of likely N-dealkylation sites (N-methyl/N-ethyl adjacent to an activating group) is 1. The second kappa shape index (κ2) is 6.93. The van der Waals surface area contributed by atoms with E-state index < -0.39 is 31.1 Å². The summed E-state index contributed by atoms with van der Waals surface area (Å²) >= 11 is 3.12. The molecule has 1 aromatic carbocycles. The molecular weight excluding hydrogens is 353 g/mol. The molecule has 1 rings (SSSR count). The second-order valence-corrected chi connectivity index (χ2v) is 5.40. The van der Waals surface area contributed by atoms with Gasteiger partial charge in [0.1, 0.15) is 13.1 Å². The average molecular weight is 367 g/mol. The summed E-state index contributed by atoms with van der Waals surface area (Å²) in [6.07, 6.45) is -4.58. The fraction of sp³-hybridized carbons (Fsp3) is 0.385. The molecule has 0 aromatic heterocycles. The summed E-state index contributed by atoms with van der Waals surface area (Å²) in [5.74, 6) is -1.44. The van der Waals surface area contributed by atoms with E-state index in [1.165, 1.54) is 26.2 Å². The smallest absolute Gasteiger partial charge is 0.347 e. The van der Waals surface area contributed by atoms with Crippen LogP contribution in [-0.2, 0) is 4.79 Å². The van der Waals surface area contributed by atoms with E-state index in [2.05, 4.69) is 15.9 Å². The summed E-state index contributed by atoms with van der Waals surface area (Å²) < 4.78 is 38.2. The Bertz CT molecular complexity index is 532. The van der Waals surface area contributed by atoms with Crippen LogP contribution < -0.4 is 0 Å². The third kappa shape index (κ3) is 5.37. The zero-order chi connectivity index (χ0) is 16.2. The van der Waals surface area contributed by atoms with Crippen molar-refractivity contribution < 1.29 is 22.8 Å². The number of carbonyl (C=O) groups excluding carboxylic acids is 2. The minimum atomic E-state index is -4.58. The SMILES string of the molecule is CN(C)C(=O)CN(CC(F)(F)F)C(=O)c1ccccc1Br.